The molecule has 1 heterocycles. The standard InChI is InChI=1S/C23H29N3O3/c1-2-3-4-5-6-9-18-29-20-15-12-19(13-16-20)14-17-23(27)25-21-10-7-8-11-22(21)26(28)24-25/h7-8,10-17,24,28H,2-6,9,18H2,1H3. The summed E-state index contributed by atoms with van der Waals surface area (Å²) in [6.45, 7) is 2.96. The van der Waals surface area contributed by atoms with Crippen molar-refractivity contribution in [3.63, 3.8) is 0 Å². The molecule has 6 heteroatoms. The minimum atomic E-state index is -0.280. The Bertz CT molecular complexity index is 820. The average molecular weight is 396 g/mol. The molecule has 0 bridgehead atoms. The topological polar surface area (TPSA) is 65.0 Å². The highest BCUT2D eigenvalue weighted by atomic mass is 16.6. The first-order valence-corrected chi connectivity index (χ1v) is 10.3. The summed E-state index contributed by atoms with van der Waals surface area (Å²) in [6.07, 6.45) is 10.7. The van der Waals surface area contributed by atoms with Crippen molar-refractivity contribution in [2.75, 3.05) is 16.8 Å². The molecule has 1 aliphatic heterocycles. The normalized spacial score (nSPS) is 13.2. The minimum Gasteiger partial charge on any atom is -0.494 e. The number of ether oxygens (including phenoxy) is 1. The molecule has 2 N–H and O–H groups in total. The van der Waals surface area contributed by atoms with Gasteiger partial charge in [-0.2, -0.15) is 5.17 Å². The Labute approximate surface area is 172 Å². The zero-order chi connectivity index (χ0) is 20.5. The lowest BCUT2D eigenvalue weighted by atomic mass is 10.1. The highest BCUT2D eigenvalue weighted by Gasteiger charge is 2.27. The van der Waals surface area contributed by atoms with E-state index < -0.39 is 0 Å². The monoisotopic (exact) mass is 395 g/mol. The van der Waals surface area contributed by atoms with Crippen LogP contribution in [-0.2, 0) is 4.79 Å². The number of unbranched alkanes of at least 4 members (excludes halogenated alkanes) is 5. The lowest BCUT2D eigenvalue weighted by Crippen LogP contribution is -2.45. The van der Waals surface area contributed by atoms with Crippen molar-refractivity contribution in [3.05, 3.63) is 60.2 Å². The van der Waals surface area contributed by atoms with E-state index in [9.17, 15) is 10.0 Å². The number of hydrogen-bond donors (Lipinski definition) is 2. The Morgan fingerprint density at radius 1 is 1.00 bits per heavy atom. The first kappa shape index (κ1) is 20.9. The predicted octanol–water partition coefficient (Wildman–Crippen LogP) is 5.10. The van der Waals surface area contributed by atoms with E-state index >= 15 is 0 Å². The molecule has 0 atom stereocenters. The average Bonchev–Trinajstić information content (AvgIpc) is 3.09. The van der Waals surface area contributed by atoms with Gasteiger partial charge >= 0.3 is 0 Å². The van der Waals surface area contributed by atoms with Crippen LogP contribution in [0.25, 0.3) is 6.08 Å². The van der Waals surface area contributed by atoms with Crippen molar-refractivity contribution in [2.24, 2.45) is 0 Å². The molecule has 0 spiro atoms. The van der Waals surface area contributed by atoms with Crippen LogP contribution >= 0.6 is 0 Å². The van der Waals surface area contributed by atoms with E-state index in [1.807, 2.05) is 30.3 Å². The molecule has 2 aromatic carbocycles. The molecule has 6 nitrogen and oxygen atoms in total. The number of fused-ring (bicyclic) bond motifs is 1. The van der Waals surface area contributed by atoms with Gasteiger partial charge in [-0.05, 0) is 42.3 Å². The van der Waals surface area contributed by atoms with Crippen LogP contribution in [-0.4, -0.2) is 17.7 Å². The van der Waals surface area contributed by atoms with Crippen LogP contribution in [0, 0.1) is 0 Å². The Kier molecular flexibility index (Phi) is 7.67. The maximum absolute atomic E-state index is 12.5. The number of hydrazine groups is 2. The third kappa shape index (κ3) is 5.82. The van der Waals surface area contributed by atoms with Crippen LogP contribution < -0.4 is 20.5 Å². The molecule has 0 saturated carbocycles. The molecule has 3 rings (SSSR count). The Balaban J connectivity index is 1.46. The lowest BCUT2D eigenvalue weighted by Gasteiger charge is -2.15. The number of para-hydroxylation sites is 2. The quantitative estimate of drug-likeness (QED) is 0.433. The van der Waals surface area contributed by atoms with Crippen molar-refractivity contribution >= 4 is 23.4 Å². The van der Waals surface area contributed by atoms with Crippen molar-refractivity contribution in [3.8, 4) is 5.75 Å². The van der Waals surface area contributed by atoms with Crippen molar-refractivity contribution < 1.29 is 14.7 Å². The molecule has 1 amide bonds. The fraction of sp³-hybridized carbons (Fsp3) is 0.348. The molecule has 1 aliphatic rings. The molecule has 0 saturated heterocycles. The van der Waals surface area contributed by atoms with E-state index in [0.717, 1.165) is 29.5 Å². The van der Waals surface area contributed by atoms with E-state index in [4.69, 9.17) is 4.74 Å². The maximum Gasteiger partial charge on any atom is 0.266 e. The first-order chi connectivity index (χ1) is 14.2. The SMILES string of the molecule is CCCCCCCCOc1ccc(C=CC(=O)N2NN(O)c3ccccc32)cc1. The van der Waals surface area contributed by atoms with Crippen LogP contribution in [0.3, 0.4) is 0 Å². The van der Waals surface area contributed by atoms with Crippen LogP contribution in [0.2, 0.25) is 0 Å². The summed E-state index contributed by atoms with van der Waals surface area (Å²) in [6, 6.07) is 14.8. The van der Waals surface area contributed by atoms with Crippen LogP contribution in [0.15, 0.2) is 54.6 Å². The fourth-order valence-electron chi connectivity index (χ4n) is 3.19. The molecule has 29 heavy (non-hydrogen) atoms. The van der Waals surface area contributed by atoms with Gasteiger partial charge in [0.05, 0.1) is 12.3 Å². The highest BCUT2D eigenvalue weighted by molar-refractivity contribution is 6.06. The van der Waals surface area contributed by atoms with Gasteiger partial charge in [-0.25, -0.2) is 5.01 Å². The number of rotatable bonds is 10. The van der Waals surface area contributed by atoms with Gasteiger partial charge in [0.2, 0.25) is 0 Å². The van der Waals surface area contributed by atoms with Crippen molar-refractivity contribution in [1.82, 2.24) is 5.53 Å². The van der Waals surface area contributed by atoms with E-state index in [0.29, 0.717) is 11.4 Å². The maximum atomic E-state index is 12.5. The second-order valence-electron chi connectivity index (χ2n) is 7.09. The fourth-order valence-corrected chi connectivity index (χ4v) is 3.19. The van der Waals surface area contributed by atoms with Crippen LogP contribution in [0.1, 0.15) is 51.0 Å². The smallest absolute Gasteiger partial charge is 0.266 e. The van der Waals surface area contributed by atoms with Gasteiger partial charge in [0.1, 0.15) is 11.4 Å². The second-order valence-corrected chi connectivity index (χ2v) is 7.09. The van der Waals surface area contributed by atoms with Crippen molar-refractivity contribution in [1.29, 1.82) is 0 Å². The molecule has 0 unspecified atom stereocenters. The Hall–Kier alpha value is -2.83. The van der Waals surface area contributed by atoms with Gasteiger partial charge in [-0.15, -0.1) is 5.53 Å². The molecular weight excluding hydrogens is 366 g/mol. The highest BCUT2D eigenvalue weighted by Crippen LogP contribution is 2.31. The predicted molar refractivity (Wildman–Crippen MR) is 116 cm³/mol. The third-order valence-electron chi connectivity index (χ3n) is 4.83. The molecule has 0 aliphatic carbocycles. The van der Waals surface area contributed by atoms with Gasteiger partial charge in [0, 0.05) is 6.08 Å². The van der Waals surface area contributed by atoms with E-state index in [1.54, 1.807) is 24.3 Å². The first-order valence-electron chi connectivity index (χ1n) is 10.3. The molecular formula is C23H29N3O3. The van der Waals surface area contributed by atoms with E-state index in [-0.39, 0.29) is 5.91 Å². The number of amides is 1. The molecule has 0 aromatic heterocycles. The second kappa shape index (κ2) is 10.6. The molecule has 154 valence electrons. The summed E-state index contributed by atoms with van der Waals surface area (Å²) in [5.74, 6) is 0.561. The largest absolute Gasteiger partial charge is 0.494 e. The zero-order valence-corrected chi connectivity index (χ0v) is 16.9. The third-order valence-corrected chi connectivity index (χ3v) is 4.83. The number of nitrogens with zero attached hydrogens (tertiary/aromatic N) is 2. The van der Waals surface area contributed by atoms with E-state index in [2.05, 4.69) is 12.5 Å². The number of hydrogen-bond acceptors (Lipinski definition) is 5. The molecule has 2 aromatic rings. The summed E-state index contributed by atoms with van der Waals surface area (Å²) in [5, 5.41) is 12.0. The summed E-state index contributed by atoms with van der Waals surface area (Å²) in [5.41, 5.74) is 4.64. The lowest BCUT2D eigenvalue weighted by molar-refractivity contribution is -0.114. The Morgan fingerprint density at radius 3 is 2.45 bits per heavy atom. The van der Waals surface area contributed by atoms with Crippen LogP contribution in [0.4, 0.5) is 11.4 Å². The summed E-state index contributed by atoms with van der Waals surface area (Å²) in [4.78, 5) is 12.5. The summed E-state index contributed by atoms with van der Waals surface area (Å²) >= 11 is 0. The number of anilines is 2. The number of benzene rings is 2. The molecule has 0 radical (unpaired) electrons. The van der Waals surface area contributed by atoms with Gasteiger partial charge < -0.3 is 4.74 Å². The number of carbonyl (C=O) groups excluding carboxylic acids is 1. The van der Waals surface area contributed by atoms with E-state index in [1.165, 1.54) is 43.2 Å². The zero-order valence-electron chi connectivity index (χ0n) is 16.9. The van der Waals surface area contributed by atoms with Crippen molar-refractivity contribution in [2.45, 2.75) is 45.4 Å². The molecule has 0 fully saturated rings. The number of carbonyl (C=O) groups is 1. The minimum absolute atomic E-state index is 0.280. The summed E-state index contributed by atoms with van der Waals surface area (Å²) in [7, 11) is 0. The van der Waals surface area contributed by atoms with Crippen LogP contribution in [0.5, 0.6) is 5.75 Å². The van der Waals surface area contributed by atoms with Gasteiger partial charge in [0.25, 0.3) is 5.91 Å². The summed E-state index contributed by atoms with van der Waals surface area (Å²) < 4.78 is 5.78. The van der Waals surface area contributed by atoms with Gasteiger partial charge in [-0.1, -0.05) is 63.3 Å². The number of nitrogens with one attached hydrogen (secondary N) is 1. The Morgan fingerprint density at radius 2 is 1.69 bits per heavy atom. The van der Waals surface area contributed by atoms with Gasteiger partial charge in [-0.3, -0.25) is 10.0 Å². The van der Waals surface area contributed by atoms with Gasteiger partial charge in [0.15, 0.2) is 0 Å².